The van der Waals surface area contributed by atoms with Crippen LogP contribution >= 0.6 is 0 Å². The molecule has 0 aliphatic heterocycles. The van der Waals surface area contributed by atoms with E-state index in [-0.39, 0.29) is 5.91 Å². The number of para-hydroxylation sites is 1. The summed E-state index contributed by atoms with van der Waals surface area (Å²) in [5.41, 5.74) is 2.96. The van der Waals surface area contributed by atoms with Crippen molar-refractivity contribution in [3.8, 4) is 0 Å². The second kappa shape index (κ2) is 6.48. The lowest BCUT2D eigenvalue weighted by Crippen LogP contribution is -3.12. The third kappa shape index (κ3) is 3.33. The number of aromatic nitrogens is 1. The van der Waals surface area contributed by atoms with E-state index in [0.29, 0.717) is 6.54 Å². The molecule has 3 N–H and O–H groups in total. The first-order valence-corrected chi connectivity index (χ1v) is 7.19. The fraction of sp³-hybridized carbons (Fsp3) is 0.375. The van der Waals surface area contributed by atoms with E-state index in [0.717, 1.165) is 35.4 Å². The molecule has 20 heavy (non-hydrogen) atoms. The van der Waals surface area contributed by atoms with Gasteiger partial charge >= 0.3 is 0 Å². The zero-order valence-corrected chi connectivity index (χ0v) is 12.4. The van der Waals surface area contributed by atoms with Crippen molar-refractivity contribution < 1.29 is 14.7 Å². The minimum Gasteiger partial charge on any atom is -0.328 e. The molecule has 2 rings (SSSR count). The van der Waals surface area contributed by atoms with E-state index in [1.165, 1.54) is 4.90 Å². The summed E-state index contributed by atoms with van der Waals surface area (Å²) in [6.45, 7) is 8.64. The van der Waals surface area contributed by atoms with Crippen molar-refractivity contribution in [3.63, 3.8) is 0 Å². The third-order valence-corrected chi connectivity index (χ3v) is 3.59. The molecule has 0 fully saturated rings. The van der Waals surface area contributed by atoms with Crippen LogP contribution < -0.4 is 15.2 Å². The smallest absolute Gasteiger partial charge is 0.279 e. The Kier molecular flexibility index (Phi) is 4.69. The normalized spacial score (nSPS) is 11.0. The number of carbonyl (C=O) groups is 1. The van der Waals surface area contributed by atoms with Crippen molar-refractivity contribution in [1.82, 2.24) is 0 Å². The highest BCUT2D eigenvalue weighted by Crippen LogP contribution is 2.20. The van der Waals surface area contributed by atoms with E-state index in [2.05, 4.69) is 24.1 Å². The van der Waals surface area contributed by atoms with Crippen LogP contribution in [0.15, 0.2) is 30.3 Å². The SMILES string of the molecule is CC[NH+](CC)CC(=O)Nc1cc(C)[nH+]c2ccccc12. The van der Waals surface area contributed by atoms with Crippen LogP contribution in [0.2, 0.25) is 0 Å². The molecule has 0 unspecified atom stereocenters. The molecule has 0 atom stereocenters. The van der Waals surface area contributed by atoms with E-state index in [4.69, 9.17) is 0 Å². The van der Waals surface area contributed by atoms with Gasteiger partial charge in [-0.2, -0.15) is 0 Å². The van der Waals surface area contributed by atoms with Crippen molar-refractivity contribution in [3.05, 3.63) is 36.0 Å². The van der Waals surface area contributed by atoms with Crippen LogP contribution in [0.3, 0.4) is 0 Å². The molecule has 0 saturated carbocycles. The van der Waals surface area contributed by atoms with Crippen LogP contribution in [0, 0.1) is 6.92 Å². The fourth-order valence-corrected chi connectivity index (χ4v) is 2.39. The Morgan fingerprint density at radius 1 is 1.25 bits per heavy atom. The van der Waals surface area contributed by atoms with Crippen molar-refractivity contribution in [1.29, 1.82) is 0 Å². The third-order valence-electron chi connectivity index (χ3n) is 3.59. The number of nitrogens with one attached hydrogen (secondary N) is 3. The molecular weight excluding hydrogens is 250 g/mol. The molecule has 4 nitrogen and oxygen atoms in total. The Labute approximate surface area is 119 Å². The van der Waals surface area contributed by atoms with Gasteiger partial charge < -0.3 is 10.2 Å². The molecule has 4 heteroatoms. The number of hydrogen-bond acceptors (Lipinski definition) is 1. The Morgan fingerprint density at radius 3 is 2.65 bits per heavy atom. The number of likely N-dealkylation sites (N-methyl/N-ethyl adjacent to an activating group) is 1. The first kappa shape index (κ1) is 14.5. The number of H-pyrrole nitrogens is 1. The second-order valence-corrected chi connectivity index (χ2v) is 5.09. The number of rotatable bonds is 5. The number of pyridine rings is 1. The van der Waals surface area contributed by atoms with E-state index in [9.17, 15) is 4.79 Å². The minimum absolute atomic E-state index is 0.0689. The number of hydrogen-bond donors (Lipinski definition) is 2. The second-order valence-electron chi connectivity index (χ2n) is 5.09. The number of fused-ring (bicyclic) bond motifs is 1. The highest BCUT2D eigenvalue weighted by Gasteiger charge is 2.14. The summed E-state index contributed by atoms with van der Waals surface area (Å²) in [7, 11) is 0. The van der Waals surface area contributed by atoms with Gasteiger partial charge in [0.15, 0.2) is 12.2 Å². The molecule has 0 radical (unpaired) electrons. The summed E-state index contributed by atoms with van der Waals surface area (Å²) in [6, 6.07) is 10.00. The maximum Gasteiger partial charge on any atom is 0.279 e. The molecule has 0 aliphatic rings. The molecule has 106 valence electrons. The molecule has 1 aromatic heterocycles. The predicted molar refractivity (Wildman–Crippen MR) is 80.8 cm³/mol. The van der Waals surface area contributed by atoms with E-state index < -0.39 is 0 Å². The highest BCUT2D eigenvalue weighted by atomic mass is 16.2. The number of amides is 1. The number of benzene rings is 1. The van der Waals surface area contributed by atoms with Gasteiger partial charge in [-0.25, -0.2) is 4.98 Å². The van der Waals surface area contributed by atoms with Gasteiger partial charge in [0, 0.05) is 19.1 Å². The quantitative estimate of drug-likeness (QED) is 0.833. The van der Waals surface area contributed by atoms with Crippen LogP contribution in [0.5, 0.6) is 0 Å². The standard InChI is InChI=1S/C16H21N3O/c1-4-19(5-2)11-16(20)18-15-10-12(3)17-14-9-7-6-8-13(14)15/h6-10H,4-5,11H2,1-3H3,(H,17,18,20)/p+2. The fourth-order valence-electron chi connectivity index (χ4n) is 2.39. The Bertz CT molecular complexity index is 606. The molecule has 0 aliphatic carbocycles. The number of aryl methyl sites for hydroxylation is 1. The number of anilines is 1. The molecule has 2 aromatic rings. The molecule has 1 heterocycles. The topological polar surface area (TPSA) is 47.7 Å². The summed E-state index contributed by atoms with van der Waals surface area (Å²) in [6.07, 6.45) is 0. The lowest BCUT2D eigenvalue weighted by molar-refractivity contribution is -0.888. The Morgan fingerprint density at radius 2 is 1.95 bits per heavy atom. The highest BCUT2D eigenvalue weighted by molar-refractivity contribution is 6.00. The van der Waals surface area contributed by atoms with Crippen LogP contribution in [-0.4, -0.2) is 25.5 Å². The van der Waals surface area contributed by atoms with Gasteiger partial charge in [-0.15, -0.1) is 0 Å². The lowest BCUT2D eigenvalue weighted by Gasteiger charge is -2.15. The van der Waals surface area contributed by atoms with Crippen LogP contribution in [0.4, 0.5) is 5.69 Å². The maximum atomic E-state index is 12.2. The van der Waals surface area contributed by atoms with Gasteiger partial charge in [-0.1, -0.05) is 12.1 Å². The number of quaternary nitrogens is 1. The predicted octanol–water partition coefficient (Wildman–Crippen LogP) is 0.826. The van der Waals surface area contributed by atoms with E-state index in [1.807, 2.05) is 37.3 Å². The van der Waals surface area contributed by atoms with Gasteiger partial charge in [0.1, 0.15) is 0 Å². The van der Waals surface area contributed by atoms with Crippen molar-refractivity contribution in [2.24, 2.45) is 0 Å². The molecule has 1 aromatic carbocycles. The van der Waals surface area contributed by atoms with Crippen molar-refractivity contribution >= 4 is 22.5 Å². The number of carbonyl (C=O) groups excluding carboxylic acids is 1. The monoisotopic (exact) mass is 273 g/mol. The van der Waals surface area contributed by atoms with Gasteiger partial charge in [0.05, 0.1) is 24.2 Å². The first-order valence-electron chi connectivity index (χ1n) is 7.19. The summed E-state index contributed by atoms with van der Waals surface area (Å²) < 4.78 is 0. The average Bonchev–Trinajstić information content (AvgIpc) is 2.44. The summed E-state index contributed by atoms with van der Waals surface area (Å²) >= 11 is 0. The van der Waals surface area contributed by atoms with Gasteiger partial charge in [0.2, 0.25) is 5.52 Å². The van der Waals surface area contributed by atoms with Crippen molar-refractivity contribution in [2.45, 2.75) is 20.8 Å². The van der Waals surface area contributed by atoms with E-state index in [1.54, 1.807) is 0 Å². The first-order chi connectivity index (χ1) is 9.63. The van der Waals surface area contributed by atoms with Crippen LogP contribution in [-0.2, 0) is 4.79 Å². The zero-order chi connectivity index (χ0) is 14.5. The summed E-state index contributed by atoms with van der Waals surface area (Å²) in [4.78, 5) is 16.7. The molecule has 0 saturated heterocycles. The van der Waals surface area contributed by atoms with E-state index >= 15 is 0 Å². The molecule has 1 amide bonds. The minimum atomic E-state index is 0.0689. The van der Waals surface area contributed by atoms with Crippen LogP contribution in [0.1, 0.15) is 19.5 Å². The van der Waals surface area contributed by atoms with Gasteiger partial charge in [-0.3, -0.25) is 4.79 Å². The zero-order valence-electron chi connectivity index (χ0n) is 12.4. The lowest BCUT2D eigenvalue weighted by atomic mass is 10.1. The Balaban J connectivity index is 2.23. The average molecular weight is 273 g/mol. The Hall–Kier alpha value is -1.94. The molecule has 0 spiro atoms. The maximum absolute atomic E-state index is 12.2. The molecule has 0 bridgehead atoms. The largest absolute Gasteiger partial charge is 0.328 e. The van der Waals surface area contributed by atoms with Gasteiger partial charge in [0.25, 0.3) is 5.91 Å². The van der Waals surface area contributed by atoms with Crippen molar-refractivity contribution in [2.75, 3.05) is 25.0 Å². The summed E-state index contributed by atoms with van der Waals surface area (Å²) in [5.74, 6) is 0.0689. The van der Waals surface area contributed by atoms with Crippen LogP contribution in [0.25, 0.3) is 10.9 Å². The summed E-state index contributed by atoms with van der Waals surface area (Å²) in [5, 5.41) is 4.09. The molecular formula is C16H23N3O+2. The van der Waals surface area contributed by atoms with Gasteiger partial charge in [-0.05, 0) is 19.9 Å². The number of aromatic amines is 1.